The number of carboxylic acid groups (broad SMARTS) is 1. The van der Waals surface area contributed by atoms with Crippen LogP contribution in [0.15, 0.2) is 12.1 Å². The molecule has 5 heteroatoms. The van der Waals surface area contributed by atoms with Gasteiger partial charge in [0.05, 0.1) is 20.1 Å². The monoisotopic (exact) mass is 265 g/mol. The van der Waals surface area contributed by atoms with Gasteiger partial charge >= 0.3 is 5.97 Å². The van der Waals surface area contributed by atoms with Crippen LogP contribution < -0.4 is 15.2 Å². The maximum absolute atomic E-state index is 10.9. The van der Waals surface area contributed by atoms with Gasteiger partial charge in [-0.1, -0.05) is 0 Å². The molecule has 1 aliphatic carbocycles. The molecule has 0 radical (unpaired) electrons. The van der Waals surface area contributed by atoms with Gasteiger partial charge in [-0.25, -0.2) is 0 Å². The maximum Gasteiger partial charge on any atom is 0.306 e. The van der Waals surface area contributed by atoms with Crippen LogP contribution in [0.4, 0.5) is 0 Å². The molecular formula is C14H19NO4. The maximum atomic E-state index is 10.9. The summed E-state index contributed by atoms with van der Waals surface area (Å²) in [5.74, 6) is 0.268. The molecule has 19 heavy (non-hydrogen) atoms. The molecule has 1 saturated carbocycles. The molecule has 2 rings (SSSR count). The Morgan fingerprint density at radius 3 is 2.47 bits per heavy atom. The summed E-state index contributed by atoms with van der Waals surface area (Å²) in [4.78, 5) is 10.9. The number of hydrogen-bond acceptors (Lipinski definition) is 4. The molecule has 3 N–H and O–H groups in total. The van der Waals surface area contributed by atoms with E-state index in [1.807, 2.05) is 19.1 Å². The van der Waals surface area contributed by atoms with Gasteiger partial charge in [0.2, 0.25) is 0 Å². The van der Waals surface area contributed by atoms with Crippen LogP contribution >= 0.6 is 0 Å². The highest BCUT2D eigenvalue weighted by Crippen LogP contribution is 2.48. The first kappa shape index (κ1) is 13.7. The third-order valence-corrected chi connectivity index (χ3v) is 3.72. The van der Waals surface area contributed by atoms with Crippen LogP contribution in [0.3, 0.4) is 0 Å². The molecule has 5 nitrogen and oxygen atoms in total. The second-order valence-corrected chi connectivity index (χ2v) is 4.93. The van der Waals surface area contributed by atoms with E-state index in [1.165, 1.54) is 0 Å². The first-order valence-corrected chi connectivity index (χ1v) is 6.20. The summed E-state index contributed by atoms with van der Waals surface area (Å²) in [6.45, 7) is 1.92. The van der Waals surface area contributed by atoms with Gasteiger partial charge in [-0.2, -0.15) is 0 Å². The van der Waals surface area contributed by atoms with Crippen molar-refractivity contribution in [2.75, 3.05) is 14.2 Å². The van der Waals surface area contributed by atoms with Crippen LogP contribution in [-0.4, -0.2) is 25.3 Å². The van der Waals surface area contributed by atoms with Gasteiger partial charge in [0, 0.05) is 11.6 Å². The van der Waals surface area contributed by atoms with E-state index in [0.29, 0.717) is 12.2 Å². The van der Waals surface area contributed by atoms with E-state index in [1.54, 1.807) is 14.2 Å². The quantitative estimate of drug-likeness (QED) is 0.847. The second-order valence-electron chi connectivity index (χ2n) is 4.93. The van der Waals surface area contributed by atoms with E-state index in [-0.39, 0.29) is 17.9 Å². The number of aliphatic carboxylic acids is 1. The highest BCUT2D eigenvalue weighted by atomic mass is 16.5. The topological polar surface area (TPSA) is 81.8 Å². The lowest BCUT2D eigenvalue weighted by Gasteiger charge is -2.18. The van der Waals surface area contributed by atoms with Gasteiger partial charge < -0.3 is 20.3 Å². The van der Waals surface area contributed by atoms with Crippen molar-refractivity contribution in [2.24, 2.45) is 17.6 Å². The number of hydrogen-bond donors (Lipinski definition) is 2. The smallest absolute Gasteiger partial charge is 0.306 e. The Bertz CT molecular complexity index is 500. The summed E-state index contributed by atoms with van der Waals surface area (Å²) in [6.07, 6.45) is 0.621. The van der Waals surface area contributed by atoms with Crippen molar-refractivity contribution in [3.8, 4) is 11.5 Å². The van der Waals surface area contributed by atoms with Gasteiger partial charge in [0.15, 0.2) is 0 Å². The standard InChI is InChI=1S/C14H19NO4/c1-7-4-12(19-3)10(6-11(7)18-2)13(15)8-5-9(8)14(16)17/h4,6,8-9,13H,5,15H2,1-3H3,(H,16,17). The minimum atomic E-state index is -0.779. The first-order chi connectivity index (χ1) is 8.99. The molecule has 1 fully saturated rings. The lowest BCUT2D eigenvalue weighted by atomic mass is 9.98. The Morgan fingerprint density at radius 1 is 1.37 bits per heavy atom. The van der Waals surface area contributed by atoms with Crippen molar-refractivity contribution in [3.05, 3.63) is 23.3 Å². The van der Waals surface area contributed by atoms with E-state index in [4.69, 9.17) is 20.3 Å². The normalized spacial score (nSPS) is 22.7. The molecule has 0 aromatic heterocycles. The molecule has 104 valence electrons. The molecule has 3 atom stereocenters. The van der Waals surface area contributed by atoms with E-state index < -0.39 is 5.97 Å². The van der Waals surface area contributed by atoms with Crippen LogP contribution in [0.1, 0.15) is 23.6 Å². The Balaban J connectivity index is 2.30. The van der Waals surface area contributed by atoms with Gasteiger partial charge in [0.25, 0.3) is 0 Å². The Hall–Kier alpha value is -1.75. The Labute approximate surface area is 112 Å². The third kappa shape index (κ3) is 2.51. The number of nitrogens with two attached hydrogens (primary N) is 1. The first-order valence-electron chi connectivity index (χ1n) is 6.20. The summed E-state index contributed by atoms with van der Waals surface area (Å²) >= 11 is 0. The van der Waals surface area contributed by atoms with Gasteiger partial charge in [-0.15, -0.1) is 0 Å². The largest absolute Gasteiger partial charge is 0.496 e. The number of aryl methyl sites for hydroxylation is 1. The minimum absolute atomic E-state index is 0.0289. The Morgan fingerprint density at radius 2 is 2.00 bits per heavy atom. The SMILES string of the molecule is COc1cc(C(N)C2CC2C(=O)O)c(OC)cc1C. The third-order valence-electron chi connectivity index (χ3n) is 3.72. The van der Waals surface area contributed by atoms with Crippen LogP contribution in [-0.2, 0) is 4.79 Å². The van der Waals surface area contributed by atoms with E-state index in [9.17, 15) is 4.79 Å². The van der Waals surface area contributed by atoms with Crippen LogP contribution in [0.25, 0.3) is 0 Å². The van der Waals surface area contributed by atoms with Crippen LogP contribution in [0.5, 0.6) is 11.5 Å². The molecular weight excluding hydrogens is 246 g/mol. The molecule has 0 aliphatic heterocycles. The van der Waals surface area contributed by atoms with E-state index in [2.05, 4.69) is 0 Å². The zero-order valence-electron chi connectivity index (χ0n) is 11.3. The molecule has 3 unspecified atom stereocenters. The number of carboxylic acids is 1. The molecule has 0 spiro atoms. The van der Waals surface area contributed by atoms with Gasteiger partial charge in [-0.05, 0) is 37.0 Å². The summed E-state index contributed by atoms with van der Waals surface area (Å²) in [5, 5.41) is 8.98. The van der Waals surface area contributed by atoms with Crippen molar-refractivity contribution < 1.29 is 19.4 Å². The lowest BCUT2D eigenvalue weighted by Crippen LogP contribution is -2.17. The highest BCUT2D eigenvalue weighted by Gasteiger charge is 2.47. The van der Waals surface area contributed by atoms with Gasteiger partial charge in [-0.3, -0.25) is 4.79 Å². The molecule has 0 heterocycles. The predicted octanol–water partition coefficient (Wildman–Crippen LogP) is 1.73. The van der Waals surface area contributed by atoms with Crippen LogP contribution in [0, 0.1) is 18.8 Å². The number of methoxy groups -OCH3 is 2. The second kappa shape index (κ2) is 5.09. The Kier molecular flexibility index (Phi) is 3.66. The highest BCUT2D eigenvalue weighted by molar-refractivity contribution is 5.73. The zero-order valence-corrected chi connectivity index (χ0v) is 11.3. The van der Waals surface area contributed by atoms with Crippen molar-refractivity contribution >= 4 is 5.97 Å². The predicted molar refractivity (Wildman–Crippen MR) is 70.4 cm³/mol. The molecule has 0 saturated heterocycles. The fourth-order valence-corrected chi connectivity index (χ4v) is 2.46. The minimum Gasteiger partial charge on any atom is -0.496 e. The summed E-state index contributed by atoms with van der Waals surface area (Å²) < 4.78 is 10.6. The van der Waals surface area contributed by atoms with Gasteiger partial charge in [0.1, 0.15) is 11.5 Å². The fraction of sp³-hybridized carbons (Fsp3) is 0.500. The number of carbonyl (C=O) groups is 1. The number of ether oxygens (including phenoxy) is 2. The number of rotatable bonds is 5. The lowest BCUT2D eigenvalue weighted by molar-refractivity contribution is -0.138. The molecule has 0 bridgehead atoms. The van der Waals surface area contributed by atoms with E-state index in [0.717, 1.165) is 16.9 Å². The summed E-state index contributed by atoms with van der Waals surface area (Å²) in [7, 11) is 3.18. The zero-order chi connectivity index (χ0) is 14.2. The van der Waals surface area contributed by atoms with Crippen molar-refractivity contribution in [1.82, 2.24) is 0 Å². The van der Waals surface area contributed by atoms with Crippen molar-refractivity contribution in [2.45, 2.75) is 19.4 Å². The van der Waals surface area contributed by atoms with E-state index >= 15 is 0 Å². The molecule has 1 aromatic carbocycles. The average molecular weight is 265 g/mol. The average Bonchev–Trinajstić information content (AvgIpc) is 3.17. The summed E-state index contributed by atoms with van der Waals surface area (Å²) in [5.41, 5.74) is 7.94. The van der Waals surface area contributed by atoms with Crippen molar-refractivity contribution in [3.63, 3.8) is 0 Å². The summed E-state index contributed by atoms with van der Waals surface area (Å²) in [6, 6.07) is 3.37. The van der Waals surface area contributed by atoms with Crippen molar-refractivity contribution in [1.29, 1.82) is 0 Å². The molecule has 1 aromatic rings. The fourth-order valence-electron chi connectivity index (χ4n) is 2.46. The molecule has 1 aliphatic rings. The van der Waals surface area contributed by atoms with Crippen LogP contribution in [0.2, 0.25) is 0 Å². The molecule has 0 amide bonds. The number of benzene rings is 1.